The van der Waals surface area contributed by atoms with E-state index in [-0.39, 0.29) is 12.0 Å². The number of benzene rings is 1. The fourth-order valence-electron chi connectivity index (χ4n) is 5.08. The molecule has 1 atom stereocenters. The number of thiophene rings is 1. The Morgan fingerprint density at radius 2 is 1.82 bits per heavy atom. The molecule has 0 aliphatic heterocycles. The zero-order chi connectivity index (χ0) is 27.2. The fourth-order valence-corrected chi connectivity index (χ4v) is 6.80. The topological polar surface area (TPSA) is 75.8 Å². The Morgan fingerprint density at radius 1 is 1.11 bits per heavy atom. The molecule has 1 saturated carbocycles. The minimum Gasteiger partial charge on any atom is -0.444 e. The Bertz CT molecular complexity index is 1170. The first-order valence-electron chi connectivity index (χ1n) is 13.5. The van der Waals surface area contributed by atoms with Gasteiger partial charge in [-0.3, -0.25) is 0 Å². The minimum absolute atomic E-state index is 0.0518. The molecule has 0 bridgehead atoms. The number of amides is 1. The Labute approximate surface area is 238 Å². The van der Waals surface area contributed by atoms with E-state index in [0.29, 0.717) is 31.2 Å². The molecule has 1 unspecified atom stereocenters. The van der Waals surface area contributed by atoms with E-state index in [9.17, 15) is 9.90 Å². The number of halogens is 1. The van der Waals surface area contributed by atoms with E-state index >= 15 is 0 Å². The molecular weight excluding hydrogens is 564 g/mol. The zero-order valence-corrected chi connectivity index (χ0v) is 25.0. The van der Waals surface area contributed by atoms with E-state index in [1.165, 1.54) is 11.3 Å². The van der Waals surface area contributed by atoms with Crippen molar-refractivity contribution in [2.45, 2.75) is 83.5 Å². The number of aliphatic hydroxyl groups is 1. The molecule has 0 spiro atoms. The molecule has 2 aromatic heterocycles. The molecule has 1 amide bonds. The number of hydrogen-bond donors (Lipinski definition) is 1. The molecule has 4 rings (SSSR count). The number of aromatic nitrogens is 1. The minimum atomic E-state index is -1.27. The number of hydrogen-bond acceptors (Lipinski definition) is 6. The average Bonchev–Trinajstić information content (AvgIpc) is 3.56. The van der Waals surface area contributed by atoms with Gasteiger partial charge in [0.1, 0.15) is 11.4 Å². The van der Waals surface area contributed by atoms with E-state index in [1.54, 1.807) is 22.4 Å². The van der Waals surface area contributed by atoms with Crippen molar-refractivity contribution in [3.05, 3.63) is 75.6 Å². The number of rotatable bonds is 10. The van der Waals surface area contributed by atoms with Crippen LogP contribution in [-0.4, -0.2) is 38.6 Å². The predicted octanol–water partition coefficient (Wildman–Crippen LogP) is 7.47. The summed E-state index contributed by atoms with van der Waals surface area (Å²) in [6.07, 6.45) is 8.04. The van der Waals surface area contributed by atoms with Crippen LogP contribution in [0.2, 0.25) is 0 Å². The molecule has 0 saturated heterocycles. The first-order chi connectivity index (χ1) is 18.2. The smallest absolute Gasteiger partial charge is 0.410 e. The highest BCUT2D eigenvalue weighted by Crippen LogP contribution is 2.43. The van der Waals surface area contributed by atoms with E-state index < -0.39 is 11.2 Å². The quantitative estimate of drug-likeness (QED) is 0.244. The summed E-state index contributed by atoms with van der Waals surface area (Å²) in [6, 6.07) is 13.9. The van der Waals surface area contributed by atoms with Crippen molar-refractivity contribution in [3.63, 3.8) is 0 Å². The Morgan fingerprint density at radius 3 is 2.50 bits per heavy atom. The van der Waals surface area contributed by atoms with E-state index in [0.717, 1.165) is 47.9 Å². The summed E-state index contributed by atoms with van der Waals surface area (Å²) in [7, 11) is 0. The molecule has 206 valence electrons. The second kappa shape index (κ2) is 12.8. The normalized spacial score (nSPS) is 16.2. The molecule has 8 heteroatoms. The van der Waals surface area contributed by atoms with E-state index in [1.807, 2.05) is 51.1 Å². The van der Waals surface area contributed by atoms with Gasteiger partial charge in [0.05, 0.1) is 12.7 Å². The van der Waals surface area contributed by atoms with Gasteiger partial charge in [-0.05, 0) is 57.7 Å². The second-order valence-electron chi connectivity index (χ2n) is 11.1. The third kappa shape index (κ3) is 7.27. The van der Waals surface area contributed by atoms with Crippen molar-refractivity contribution in [1.29, 1.82) is 0 Å². The van der Waals surface area contributed by atoms with Gasteiger partial charge in [-0.15, -0.1) is 11.3 Å². The summed E-state index contributed by atoms with van der Waals surface area (Å²) in [5, 5.41) is 13.0. The first-order valence-corrected chi connectivity index (χ1v) is 15.5. The fraction of sp³-hybridized carbons (Fsp3) is 0.533. The number of alkyl halides is 1. The zero-order valence-electron chi connectivity index (χ0n) is 22.6. The number of ether oxygens (including phenoxy) is 1. The molecule has 1 fully saturated rings. The summed E-state index contributed by atoms with van der Waals surface area (Å²) < 4.78 is 11.9. The Kier molecular flexibility index (Phi) is 9.71. The number of carbonyl (C=O) groups excluding carboxylic acids is 1. The standard InChI is InChI=1S/C30H39BrN2O4S/c1-29(2,3)37-28(34)33(21-26-15-14-25(38-26)16-18-31)19-17-24-20-32-27(36-24)30(35,22-10-6-4-7-11-22)23-12-8-5-9-13-23/h4,6-7,10-11,14-15,20,23,35H,5,8-9,12-13,16-19,21H2,1-3H3. The first kappa shape index (κ1) is 28.8. The van der Waals surface area contributed by atoms with Crippen molar-refractivity contribution in [3.8, 4) is 0 Å². The molecule has 3 aromatic rings. The van der Waals surface area contributed by atoms with Crippen LogP contribution >= 0.6 is 27.3 Å². The van der Waals surface area contributed by atoms with Gasteiger partial charge in [0.15, 0.2) is 5.60 Å². The van der Waals surface area contributed by atoms with Crippen LogP contribution in [0.25, 0.3) is 0 Å². The number of carbonyl (C=O) groups is 1. The molecular formula is C30H39BrN2O4S. The van der Waals surface area contributed by atoms with Crippen LogP contribution in [0.3, 0.4) is 0 Å². The van der Waals surface area contributed by atoms with Crippen molar-refractivity contribution in [1.82, 2.24) is 9.88 Å². The number of nitrogens with zero attached hydrogens (tertiary/aromatic N) is 2. The molecule has 1 aliphatic carbocycles. The predicted molar refractivity (Wildman–Crippen MR) is 155 cm³/mol. The average molecular weight is 604 g/mol. The van der Waals surface area contributed by atoms with Crippen LogP contribution in [-0.2, 0) is 29.7 Å². The van der Waals surface area contributed by atoms with Crippen molar-refractivity contribution in [2.24, 2.45) is 5.92 Å². The Hall–Kier alpha value is -2.16. The molecule has 38 heavy (non-hydrogen) atoms. The maximum Gasteiger partial charge on any atom is 0.410 e. The third-order valence-electron chi connectivity index (χ3n) is 6.97. The number of oxazole rings is 1. The third-order valence-corrected chi connectivity index (χ3v) is 8.50. The van der Waals surface area contributed by atoms with Gasteiger partial charge >= 0.3 is 6.09 Å². The number of aryl methyl sites for hydroxylation is 1. The van der Waals surface area contributed by atoms with Gasteiger partial charge in [0.25, 0.3) is 0 Å². The van der Waals surface area contributed by atoms with Gasteiger partial charge in [-0.25, -0.2) is 9.78 Å². The van der Waals surface area contributed by atoms with Crippen molar-refractivity contribution in [2.75, 3.05) is 11.9 Å². The lowest BCUT2D eigenvalue weighted by molar-refractivity contribution is -0.0240. The summed E-state index contributed by atoms with van der Waals surface area (Å²) in [4.78, 5) is 21.8. The summed E-state index contributed by atoms with van der Waals surface area (Å²) in [5.74, 6) is 1.04. The van der Waals surface area contributed by atoms with Gasteiger partial charge in [0, 0.05) is 34.0 Å². The molecule has 1 N–H and O–H groups in total. The summed E-state index contributed by atoms with van der Waals surface area (Å²) >= 11 is 5.21. The lowest BCUT2D eigenvalue weighted by Gasteiger charge is -2.36. The lowest BCUT2D eigenvalue weighted by atomic mass is 9.73. The summed E-state index contributed by atoms with van der Waals surface area (Å²) in [5.41, 5.74) is -1.04. The molecule has 1 aromatic carbocycles. The van der Waals surface area contributed by atoms with E-state index in [4.69, 9.17) is 9.15 Å². The maximum atomic E-state index is 13.1. The highest BCUT2D eigenvalue weighted by Gasteiger charge is 2.44. The van der Waals surface area contributed by atoms with Gasteiger partial charge in [-0.2, -0.15) is 0 Å². The van der Waals surface area contributed by atoms with Crippen LogP contribution in [0.1, 0.15) is 79.8 Å². The van der Waals surface area contributed by atoms with Crippen molar-refractivity contribution < 1.29 is 19.1 Å². The highest BCUT2D eigenvalue weighted by molar-refractivity contribution is 9.09. The lowest BCUT2D eigenvalue weighted by Crippen LogP contribution is -2.38. The van der Waals surface area contributed by atoms with Crippen LogP contribution in [0.15, 0.2) is 53.1 Å². The molecule has 6 nitrogen and oxygen atoms in total. The van der Waals surface area contributed by atoms with Crippen LogP contribution in [0, 0.1) is 5.92 Å². The van der Waals surface area contributed by atoms with Crippen molar-refractivity contribution >= 4 is 33.4 Å². The van der Waals surface area contributed by atoms with E-state index in [2.05, 4.69) is 33.0 Å². The van der Waals surface area contributed by atoms with Gasteiger partial charge in [0.2, 0.25) is 5.89 Å². The van der Waals surface area contributed by atoms with Crippen LogP contribution < -0.4 is 0 Å². The van der Waals surface area contributed by atoms with Crippen LogP contribution in [0.5, 0.6) is 0 Å². The molecule has 1 aliphatic rings. The SMILES string of the molecule is CC(C)(C)OC(=O)N(CCc1cnc(C(O)(c2ccccc2)C2CCCCC2)o1)Cc1ccc(CCBr)s1. The van der Waals surface area contributed by atoms with Gasteiger partial charge in [-0.1, -0.05) is 65.5 Å². The molecule has 2 heterocycles. The molecule has 0 radical (unpaired) electrons. The van der Waals surface area contributed by atoms with Gasteiger partial charge < -0.3 is 19.2 Å². The highest BCUT2D eigenvalue weighted by atomic mass is 79.9. The van der Waals surface area contributed by atoms with Crippen LogP contribution in [0.4, 0.5) is 4.79 Å². The second-order valence-corrected chi connectivity index (χ2v) is 13.1. The Balaban J connectivity index is 1.52. The largest absolute Gasteiger partial charge is 0.444 e. The maximum absolute atomic E-state index is 13.1. The monoisotopic (exact) mass is 602 g/mol. The summed E-state index contributed by atoms with van der Waals surface area (Å²) in [6.45, 7) is 6.52.